The van der Waals surface area contributed by atoms with E-state index in [9.17, 15) is 5.11 Å². The Morgan fingerprint density at radius 2 is 1.91 bits per heavy atom. The molecular formula is C6H12N2O3. The summed E-state index contributed by atoms with van der Waals surface area (Å²) in [5.74, 6) is -2.04. The Labute approximate surface area is 63.9 Å². The van der Waals surface area contributed by atoms with Crippen LogP contribution in [0.25, 0.3) is 0 Å². The molecule has 0 spiro atoms. The van der Waals surface area contributed by atoms with Crippen LogP contribution < -0.4 is 11.5 Å². The van der Waals surface area contributed by atoms with Crippen LogP contribution in [0.3, 0.4) is 0 Å². The van der Waals surface area contributed by atoms with Crippen LogP contribution in [-0.2, 0) is 0 Å². The van der Waals surface area contributed by atoms with Crippen LogP contribution >= 0.6 is 0 Å². The summed E-state index contributed by atoms with van der Waals surface area (Å²) in [5.41, 5.74) is 8.87. The van der Waals surface area contributed by atoms with Gasteiger partial charge in [0.25, 0.3) is 0 Å². The summed E-state index contributed by atoms with van der Waals surface area (Å²) in [6.07, 6.45) is 2.00. The summed E-state index contributed by atoms with van der Waals surface area (Å²) < 4.78 is 0. The minimum atomic E-state index is -2.04. The first-order valence-electron chi connectivity index (χ1n) is 3.24. The van der Waals surface area contributed by atoms with Crippen molar-refractivity contribution >= 4 is 0 Å². The molecule has 2 unspecified atom stereocenters. The van der Waals surface area contributed by atoms with E-state index in [1.165, 1.54) is 6.08 Å². The average Bonchev–Trinajstić information content (AvgIpc) is 1.77. The van der Waals surface area contributed by atoms with Crippen LogP contribution in [0.4, 0.5) is 0 Å². The monoisotopic (exact) mass is 160 g/mol. The minimum absolute atomic E-state index is 0.377. The molecule has 0 radical (unpaired) electrons. The van der Waals surface area contributed by atoms with E-state index in [0.717, 1.165) is 6.08 Å². The van der Waals surface area contributed by atoms with Gasteiger partial charge in [0.2, 0.25) is 0 Å². The van der Waals surface area contributed by atoms with Crippen molar-refractivity contribution in [3.63, 3.8) is 0 Å². The van der Waals surface area contributed by atoms with Gasteiger partial charge in [0, 0.05) is 6.42 Å². The van der Waals surface area contributed by atoms with Crippen molar-refractivity contribution in [2.75, 3.05) is 0 Å². The van der Waals surface area contributed by atoms with Crippen molar-refractivity contribution in [2.24, 2.45) is 11.5 Å². The molecule has 0 bridgehead atoms. The number of nitrogens with two attached hydrogens (primary N) is 2. The Bertz CT molecular complexity index is 188. The lowest BCUT2D eigenvalue weighted by Crippen LogP contribution is -2.60. The van der Waals surface area contributed by atoms with Gasteiger partial charge in [-0.05, 0) is 6.08 Å². The zero-order valence-electron chi connectivity index (χ0n) is 5.94. The van der Waals surface area contributed by atoms with Gasteiger partial charge in [0.05, 0.1) is 6.04 Å². The molecule has 0 heterocycles. The van der Waals surface area contributed by atoms with E-state index in [1.54, 1.807) is 0 Å². The maximum Gasteiger partial charge on any atom is 0.186 e. The van der Waals surface area contributed by atoms with Gasteiger partial charge in [-0.2, -0.15) is 0 Å². The Morgan fingerprint density at radius 3 is 2.27 bits per heavy atom. The Morgan fingerprint density at radius 1 is 1.36 bits per heavy atom. The van der Waals surface area contributed by atoms with Gasteiger partial charge in [-0.25, -0.2) is 0 Å². The fourth-order valence-electron chi connectivity index (χ4n) is 1.02. The Kier molecular flexibility index (Phi) is 1.78. The molecule has 5 heteroatoms. The first-order chi connectivity index (χ1) is 4.83. The van der Waals surface area contributed by atoms with Gasteiger partial charge in [0.1, 0.15) is 5.72 Å². The van der Waals surface area contributed by atoms with E-state index < -0.39 is 17.6 Å². The number of aliphatic hydroxyl groups is 3. The third-order valence-electron chi connectivity index (χ3n) is 1.69. The molecule has 1 rings (SSSR count). The standard InChI is InChI=1S/C6H12N2O3/c7-4-1-2-5(9,10)3-6(4,8)11/h1-2,4,9-11H,3,7-8H2. The van der Waals surface area contributed by atoms with Crippen LogP contribution in [0.15, 0.2) is 12.2 Å². The third kappa shape index (κ3) is 1.76. The molecule has 7 N–H and O–H groups in total. The molecule has 11 heavy (non-hydrogen) atoms. The zero-order valence-corrected chi connectivity index (χ0v) is 5.94. The fraction of sp³-hybridized carbons (Fsp3) is 0.667. The molecule has 1 aliphatic rings. The van der Waals surface area contributed by atoms with E-state index >= 15 is 0 Å². The molecular weight excluding hydrogens is 148 g/mol. The predicted octanol–water partition coefficient (Wildman–Crippen LogP) is -2.40. The molecule has 1 aliphatic carbocycles. The summed E-state index contributed by atoms with van der Waals surface area (Å²) in [5, 5.41) is 27.3. The lowest BCUT2D eigenvalue weighted by Gasteiger charge is -2.36. The normalized spacial score (nSPS) is 42.5. The van der Waals surface area contributed by atoms with Crippen LogP contribution in [0.1, 0.15) is 6.42 Å². The molecule has 0 saturated carbocycles. The van der Waals surface area contributed by atoms with Crippen LogP contribution in [0.2, 0.25) is 0 Å². The van der Waals surface area contributed by atoms with E-state index in [1.807, 2.05) is 0 Å². The Balaban J connectivity index is 2.85. The highest BCUT2D eigenvalue weighted by Gasteiger charge is 2.40. The quantitative estimate of drug-likeness (QED) is 0.200. The lowest BCUT2D eigenvalue weighted by atomic mass is 9.90. The molecule has 0 aromatic carbocycles. The molecule has 0 amide bonds. The van der Waals surface area contributed by atoms with Crippen molar-refractivity contribution in [2.45, 2.75) is 24.0 Å². The summed E-state index contributed by atoms with van der Waals surface area (Å²) in [7, 11) is 0. The summed E-state index contributed by atoms with van der Waals surface area (Å²) in [6, 6.07) is -0.755. The van der Waals surface area contributed by atoms with Crippen molar-refractivity contribution < 1.29 is 15.3 Å². The second kappa shape index (κ2) is 2.26. The molecule has 0 aromatic rings. The molecule has 5 nitrogen and oxygen atoms in total. The third-order valence-corrected chi connectivity index (χ3v) is 1.69. The van der Waals surface area contributed by atoms with Crippen molar-refractivity contribution in [1.82, 2.24) is 0 Å². The highest BCUT2D eigenvalue weighted by molar-refractivity contribution is 5.12. The maximum absolute atomic E-state index is 9.26. The first-order valence-corrected chi connectivity index (χ1v) is 3.24. The van der Waals surface area contributed by atoms with Gasteiger partial charge in [-0.1, -0.05) is 6.08 Å². The van der Waals surface area contributed by atoms with Crippen LogP contribution in [0.5, 0.6) is 0 Å². The molecule has 0 fully saturated rings. The summed E-state index contributed by atoms with van der Waals surface area (Å²) >= 11 is 0. The topological polar surface area (TPSA) is 113 Å². The van der Waals surface area contributed by atoms with Gasteiger partial charge in [-0.3, -0.25) is 0 Å². The van der Waals surface area contributed by atoms with Gasteiger partial charge in [0.15, 0.2) is 5.79 Å². The van der Waals surface area contributed by atoms with E-state index in [0.29, 0.717) is 0 Å². The largest absolute Gasteiger partial charge is 0.374 e. The smallest absolute Gasteiger partial charge is 0.186 e. The molecule has 2 atom stereocenters. The zero-order chi connectivity index (χ0) is 8.70. The average molecular weight is 160 g/mol. The van der Waals surface area contributed by atoms with Gasteiger partial charge >= 0.3 is 0 Å². The summed E-state index contributed by atoms with van der Waals surface area (Å²) in [4.78, 5) is 0. The molecule has 0 aromatic heterocycles. The number of hydrogen-bond acceptors (Lipinski definition) is 5. The molecule has 0 aliphatic heterocycles. The van der Waals surface area contributed by atoms with Crippen LogP contribution in [-0.4, -0.2) is 32.9 Å². The van der Waals surface area contributed by atoms with Gasteiger partial charge < -0.3 is 26.8 Å². The fourth-order valence-corrected chi connectivity index (χ4v) is 1.02. The Hall–Kier alpha value is -0.460. The second-order valence-corrected chi connectivity index (χ2v) is 2.93. The maximum atomic E-state index is 9.26. The number of rotatable bonds is 0. The van der Waals surface area contributed by atoms with E-state index in [4.69, 9.17) is 21.7 Å². The van der Waals surface area contributed by atoms with Crippen molar-refractivity contribution in [3.8, 4) is 0 Å². The highest BCUT2D eigenvalue weighted by Crippen LogP contribution is 2.23. The van der Waals surface area contributed by atoms with Crippen molar-refractivity contribution in [1.29, 1.82) is 0 Å². The van der Waals surface area contributed by atoms with Crippen LogP contribution in [0, 0.1) is 0 Å². The van der Waals surface area contributed by atoms with Gasteiger partial charge in [-0.15, -0.1) is 0 Å². The lowest BCUT2D eigenvalue weighted by molar-refractivity contribution is -0.171. The SMILES string of the molecule is NC1C=CC(O)(O)CC1(N)O. The summed E-state index contributed by atoms with van der Waals surface area (Å²) in [6.45, 7) is 0. The predicted molar refractivity (Wildman–Crippen MR) is 38.0 cm³/mol. The van der Waals surface area contributed by atoms with Crippen molar-refractivity contribution in [3.05, 3.63) is 12.2 Å². The molecule has 0 saturated heterocycles. The highest BCUT2D eigenvalue weighted by atomic mass is 16.5. The first kappa shape index (κ1) is 8.63. The minimum Gasteiger partial charge on any atom is -0.374 e. The van der Waals surface area contributed by atoms with E-state index in [2.05, 4.69) is 0 Å². The number of hydrogen-bond donors (Lipinski definition) is 5. The molecule has 64 valence electrons. The second-order valence-electron chi connectivity index (χ2n) is 2.93. The van der Waals surface area contributed by atoms with E-state index in [-0.39, 0.29) is 6.42 Å².